The summed E-state index contributed by atoms with van der Waals surface area (Å²) in [4.78, 5) is 24.1. The number of nitrogens with zero attached hydrogens (tertiary/aromatic N) is 4. The maximum absolute atomic E-state index is 11.7. The maximum Gasteiger partial charge on any atom is 0.308 e. The van der Waals surface area contributed by atoms with Crippen LogP contribution in [-0.4, -0.2) is 43.4 Å². The van der Waals surface area contributed by atoms with Crippen molar-refractivity contribution in [3.8, 4) is 0 Å². The molecule has 2 rings (SSSR count). The number of aromatic nitrogens is 3. The third-order valence-corrected chi connectivity index (χ3v) is 2.85. The van der Waals surface area contributed by atoms with E-state index in [0.29, 0.717) is 18.7 Å². The van der Waals surface area contributed by atoms with Gasteiger partial charge in [0.25, 0.3) is 0 Å². The van der Waals surface area contributed by atoms with E-state index < -0.39 is 11.9 Å². The second-order valence-electron chi connectivity index (χ2n) is 4.23. The number of aryl methyl sites for hydroxylation is 1. The van der Waals surface area contributed by atoms with Crippen LogP contribution < -0.4 is 0 Å². The number of piperidine rings is 1. The van der Waals surface area contributed by atoms with E-state index >= 15 is 0 Å². The summed E-state index contributed by atoms with van der Waals surface area (Å²) in [5.74, 6) is -1.33. The van der Waals surface area contributed by atoms with Crippen LogP contribution in [0.5, 0.6) is 0 Å². The van der Waals surface area contributed by atoms with Gasteiger partial charge >= 0.3 is 5.97 Å². The predicted octanol–water partition coefficient (Wildman–Crippen LogP) is -0.362. The molecule has 0 spiro atoms. The summed E-state index contributed by atoms with van der Waals surface area (Å²) < 4.78 is 1.55. The quantitative estimate of drug-likeness (QED) is 0.776. The third-order valence-electron chi connectivity index (χ3n) is 2.85. The molecule has 0 saturated carbocycles. The van der Waals surface area contributed by atoms with Gasteiger partial charge in [-0.2, -0.15) is 0 Å². The number of carbonyl (C=O) groups is 2. The largest absolute Gasteiger partial charge is 0.481 e. The highest BCUT2D eigenvalue weighted by molar-refractivity contribution is 5.80. The molecule has 1 saturated heterocycles. The molecule has 1 atom stereocenters. The van der Waals surface area contributed by atoms with E-state index in [4.69, 9.17) is 5.11 Å². The topological polar surface area (TPSA) is 88.3 Å². The van der Waals surface area contributed by atoms with Crippen molar-refractivity contribution < 1.29 is 14.7 Å². The molecule has 0 aromatic carbocycles. The molecule has 2 heterocycles. The molecule has 17 heavy (non-hydrogen) atoms. The molecule has 1 aromatic heterocycles. The minimum Gasteiger partial charge on any atom is -0.481 e. The van der Waals surface area contributed by atoms with Crippen molar-refractivity contribution >= 4 is 11.9 Å². The van der Waals surface area contributed by atoms with Crippen LogP contribution in [0.2, 0.25) is 0 Å². The highest BCUT2D eigenvalue weighted by Crippen LogP contribution is 2.19. The standard InChI is InChI=1S/C10H14N4O3/c1-13-5-8(11-12-13)6-14-4-7(10(16)17)2-3-9(14)15/h5,7H,2-4,6H2,1H3,(H,16,17). The molecule has 1 aromatic rings. The van der Waals surface area contributed by atoms with E-state index in [-0.39, 0.29) is 18.9 Å². The van der Waals surface area contributed by atoms with Crippen LogP contribution in [0.15, 0.2) is 6.20 Å². The Morgan fingerprint density at radius 1 is 1.65 bits per heavy atom. The molecule has 92 valence electrons. The number of carbonyl (C=O) groups excluding carboxylic acids is 1. The van der Waals surface area contributed by atoms with Crippen molar-refractivity contribution in [1.82, 2.24) is 19.9 Å². The van der Waals surface area contributed by atoms with Gasteiger partial charge in [0.2, 0.25) is 5.91 Å². The normalized spacial score (nSPS) is 20.6. The van der Waals surface area contributed by atoms with Crippen molar-refractivity contribution in [3.05, 3.63) is 11.9 Å². The van der Waals surface area contributed by atoms with Crippen LogP contribution in [0.1, 0.15) is 18.5 Å². The average molecular weight is 238 g/mol. The van der Waals surface area contributed by atoms with E-state index in [1.807, 2.05) is 0 Å². The van der Waals surface area contributed by atoms with Crippen molar-refractivity contribution in [2.24, 2.45) is 13.0 Å². The van der Waals surface area contributed by atoms with E-state index in [0.717, 1.165) is 0 Å². The number of likely N-dealkylation sites (tertiary alicyclic amines) is 1. The minimum atomic E-state index is -0.846. The van der Waals surface area contributed by atoms with Gasteiger partial charge in [0.15, 0.2) is 0 Å². The monoisotopic (exact) mass is 238 g/mol. The van der Waals surface area contributed by atoms with Crippen molar-refractivity contribution in [2.45, 2.75) is 19.4 Å². The predicted molar refractivity (Wildman–Crippen MR) is 56.8 cm³/mol. The van der Waals surface area contributed by atoms with Gasteiger partial charge < -0.3 is 10.0 Å². The Morgan fingerprint density at radius 2 is 2.41 bits per heavy atom. The van der Waals surface area contributed by atoms with Crippen molar-refractivity contribution in [2.75, 3.05) is 6.54 Å². The number of hydrogen-bond acceptors (Lipinski definition) is 4. The number of hydrogen-bond donors (Lipinski definition) is 1. The number of aliphatic carboxylic acids is 1. The van der Waals surface area contributed by atoms with Crippen LogP contribution in [0.4, 0.5) is 0 Å². The van der Waals surface area contributed by atoms with E-state index in [1.165, 1.54) is 4.90 Å². The molecule has 7 heteroatoms. The fourth-order valence-corrected chi connectivity index (χ4v) is 1.93. The van der Waals surface area contributed by atoms with Crippen molar-refractivity contribution in [3.63, 3.8) is 0 Å². The molecule has 0 bridgehead atoms. The lowest BCUT2D eigenvalue weighted by Crippen LogP contribution is -2.42. The summed E-state index contributed by atoms with van der Waals surface area (Å²) in [6.07, 6.45) is 2.43. The number of carboxylic acid groups (broad SMARTS) is 1. The fourth-order valence-electron chi connectivity index (χ4n) is 1.93. The second-order valence-corrected chi connectivity index (χ2v) is 4.23. The lowest BCUT2D eigenvalue weighted by molar-refractivity contribution is -0.147. The van der Waals surface area contributed by atoms with Gasteiger partial charge in [0.05, 0.1) is 12.5 Å². The lowest BCUT2D eigenvalue weighted by Gasteiger charge is -2.29. The molecule has 1 fully saturated rings. The molecule has 1 amide bonds. The first-order chi connectivity index (χ1) is 8.06. The van der Waals surface area contributed by atoms with Gasteiger partial charge in [-0.05, 0) is 6.42 Å². The molecule has 1 aliphatic heterocycles. The fraction of sp³-hybridized carbons (Fsp3) is 0.600. The average Bonchev–Trinajstić information content (AvgIpc) is 2.67. The first-order valence-corrected chi connectivity index (χ1v) is 5.42. The smallest absolute Gasteiger partial charge is 0.308 e. The number of rotatable bonds is 3. The molecule has 0 radical (unpaired) electrons. The van der Waals surface area contributed by atoms with Gasteiger partial charge in [-0.3, -0.25) is 14.3 Å². The van der Waals surface area contributed by atoms with Crippen LogP contribution >= 0.6 is 0 Å². The zero-order valence-corrected chi connectivity index (χ0v) is 9.54. The van der Waals surface area contributed by atoms with E-state index in [9.17, 15) is 9.59 Å². The Balaban J connectivity index is 2.03. The summed E-state index contributed by atoms with van der Waals surface area (Å²) in [5.41, 5.74) is 0.673. The number of carboxylic acids is 1. The third kappa shape index (κ3) is 2.61. The maximum atomic E-state index is 11.7. The van der Waals surface area contributed by atoms with Gasteiger partial charge in [-0.1, -0.05) is 5.21 Å². The molecule has 1 aliphatic rings. The molecule has 1 N–H and O–H groups in total. The van der Waals surface area contributed by atoms with Crippen LogP contribution in [0.3, 0.4) is 0 Å². The van der Waals surface area contributed by atoms with Gasteiger partial charge in [-0.15, -0.1) is 5.10 Å². The molecule has 0 aliphatic carbocycles. The SMILES string of the molecule is Cn1cc(CN2CC(C(=O)O)CCC2=O)nn1. The Morgan fingerprint density at radius 3 is 3.00 bits per heavy atom. The highest BCUT2D eigenvalue weighted by atomic mass is 16.4. The van der Waals surface area contributed by atoms with Crippen LogP contribution in [-0.2, 0) is 23.2 Å². The Hall–Kier alpha value is -1.92. The van der Waals surface area contributed by atoms with Gasteiger partial charge in [0.1, 0.15) is 5.69 Å². The van der Waals surface area contributed by atoms with Crippen LogP contribution in [0.25, 0.3) is 0 Å². The summed E-state index contributed by atoms with van der Waals surface area (Å²) in [5, 5.41) is 16.6. The molecule has 7 nitrogen and oxygen atoms in total. The number of amides is 1. The Bertz CT molecular complexity index is 443. The summed E-state index contributed by atoms with van der Waals surface area (Å²) >= 11 is 0. The summed E-state index contributed by atoms with van der Waals surface area (Å²) in [7, 11) is 1.74. The zero-order chi connectivity index (χ0) is 12.4. The first-order valence-electron chi connectivity index (χ1n) is 5.42. The lowest BCUT2D eigenvalue weighted by atomic mass is 9.98. The first kappa shape index (κ1) is 11.6. The molecule has 1 unspecified atom stereocenters. The Labute approximate surface area is 98.0 Å². The summed E-state index contributed by atoms with van der Waals surface area (Å²) in [6, 6.07) is 0. The Kier molecular flexibility index (Phi) is 3.08. The van der Waals surface area contributed by atoms with Gasteiger partial charge in [-0.25, -0.2) is 0 Å². The minimum absolute atomic E-state index is 0.0202. The van der Waals surface area contributed by atoms with Crippen LogP contribution in [0, 0.1) is 5.92 Å². The van der Waals surface area contributed by atoms with E-state index in [2.05, 4.69) is 10.3 Å². The second kappa shape index (κ2) is 4.52. The van der Waals surface area contributed by atoms with Crippen molar-refractivity contribution in [1.29, 1.82) is 0 Å². The van der Waals surface area contributed by atoms with E-state index in [1.54, 1.807) is 17.9 Å². The zero-order valence-electron chi connectivity index (χ0n) is 9.54. The summed E-state index contributed by atoms with van der Waals surface area (Å²) in [6.45, 7) is 0.585. The molecular weight excluding hydrogens is 224 g/mol. The molecular formula is C10H14N4O3. The highest BCUT2D eigenvalue weighted by Gasteiger charge is 2.30. The van der Waals surface area contributed by atoms with Gasteiger partial charge in [0, 0.05) is 26.2 Å².